The van der Waals surface area contributed by atoms with Crippen LogP contribution in [0.4, 0.5) is 0 Å². The van der Waals surface area contributed by atoms with Crippen molar-refractivity contribution < 1.29 is 20.1 Å². The fourth-order valence-corrected chi connectivity index (χ4v) is 5.06. The molecule has 0 bridgehead atoms. The third kappa shape index (κ3) is 3.26. The first-order valence-electron chi connectivity index (χ1n) is 9.34. The van der Waals surface area contributed by atoms with Gasteiger partial charge in [0.25, 0.3) is 0 Å². The Balaban J connectivity index is 0.00000218. The number of benzene rings is 3. The van der Waals surface area contributed by atoms with E-state index in [2.05, 4.69) is 85.5 Å². The van der Waals surface area contributed by atoms with Gasteiger partial charge in [0.05, 0.1) is 11.5 Å². The van der Waals surface area contributed by atoms with E-state index in [1.54, 1.807) is 16.0 Å². The van der Waals surface area contributed by atoms with Gasteiger partial charge < -0.3 is 0 Å². The Morgan fingerprint density at radius 3 is 2.47 bits per heavy atom. The van der Waals surface area contributed by atoms with Crippen molar-refractivity contribution in [1.82, 2.24) is 14.8 Å². The van der Waals surface area contributed by atoms with Crippen LogP contribution in [0.5, 0.6) is 0 Å². The summed E-state index contributed by atoms with van der Waals surface area (Å²) in [6.07, 6.45) is 0. The first-order valence-corrected chi connectivity index (χ1v) is 10.2. The molecule has 0 fully saturated rings. The summed E-state index contributed by atoms with van der Waals surface area (Å²) in [4.78, 5) is 4.51. The largest absolute Gasteiger partial charge is 0.252 e. The zero-order valence-electron chi connectivity index (χ0n) is 16.6. The summed E-state index contributed by atoms with van der Waals surface area (Å²) in [5, 5.41) is 16.3. The molecule has 4 nitrogen and oxygen atoms in total. The van der Waals surface area contributed by atoms with Gasteiger partial charge in [0, 0.05) is 24.8 Å². The molecule has 6 heteroatoms. The summed E-state index contributed by atoms with van der Waals surface area (Å²) in [7, 11) is 0. The van der Waals surface area contributed by atoms with Crippen molar-refractivity contribution >= 4 is 31.5 Å². The van der Waals surface area contributed by atoms with Gasteiger partial charge in [-0.15, -0.1) is 28.9 Å². The van der Waals surface area contributed by atoms with E-state index in [1.165, 1.54) is 25.7 Å². The van der Waals surface area contributed by atoms with E-state index in [0.29, 0.717) is 5.82 Å². The minimum Gasteiger partial charge on any atom is -0.252 e. The second kappa shape index (κ2) is 7.77. The van der Waals surface area contributed by atoms with E-state index in [9.17, 15) is 5.26 Å². The second-order valence-corrected chi connectivity index (χ2v) is 8.34. The van der Waals surface area contributed by atoms with E-state index >= 15 is 0 Å². The maximum Gasteiger partial charge on any atom is 0.243 e. The molecular weight excluding hydrogens is 569 g/mol. The number of thiophene rings is 1. The summed E-state index contributed by atoms with van der Waals surface area (Å²) in [6.45, 7) is 6.20. The molecular formula is C24H17IrN4S-. The van der Waals surface area contributed by atoms with Crippen LogP contribution in [0.15, 0.2) is 48.5 Å². The SMILES string of the molecule is Cc1cc(C)c(-n2nc(C#N)nc2-c2[c-]cc3sc4ccccc4c3c2)c(C)c1.[Ir]. The van der Waals surface area contributed by atoms with Gasteiger partial charge in [-0.2, -0.15) is 16.6 Å². The number of hydrogen-bond acceptors (Lipinski definition) is 4. The molecule has 0 N–H and O–H groups in total. The van der Waals surface area contributed by atoms with Crippen molar-refractivity contribution in [2.45, 2.75) is 20.8 Å². The van der Waals surface area contributed by atoms with Crippen LogP contribution in [-0.4, -0.2) is 14.8 Å². The number of aryl methyl sites for hydroxylation is 3. The van der Waals surface area contributed by atoms with Crippen LogP contribution in [0.1, 0.15) is 22.5 Å². The van der Waals surface area contributed by atoms with Gasteiger partial charge in [-0.1, -0.05) is 41.3 Å². The molecule has 30 heavy (non-hydrogen) atoms. The molecule has 2 heterocycles. The predicted octanol–water partition coefficient (Wildman–Crippen LogP) is 5.90. The molecule has 0 saturated heterocycles. The predicted molar refractivity (Wildman–Crippen MR) is 117 cm³/mol. The number of fused-ring (bicyclic) bond motifs is 3. The molecule has 5 aromatic rings. The molecule has 149 valence electrons. The van der Waals surface area contributed by atoms with Gasteiger partial charge in [0.15, 0.2) is 0 Å². The minimum absolute atomic E-state index is 0. The Bertz CT molecular complexity index is 1430. The summed E-state index contributed by atoms with van der Waals surface area (Å²) in [5.41, 5.74) is 5.18. The summed E-state index contributed by atoms with van der Waals surface area (Å²) < 4.78 is 4.22. The van der Waals surface area contributed by atoms with E-state index in [0.717, 1.165) is 22.4 Å². The monoisotopic (exact) mass is 586 g/mol. The summed E-state index contributed by atoms with van der Waals surface area (Å²) in [5.74, 6) is 0.789. The molecule has 0 aliphatic rings. The molecule has 0 unspecified atom stereocenters. The van der Waals surface area contributed by atoms with Crippen molar-refractivity contribution in [1.29, 1.82) is 5.26 Å². The van der Waals surface area contributed by atoms with Crippen molar-refractivity contribution in [2.24, 2.45) is 0 Å². The van der Waals surface area contributed by atoms with Gasteiger partial charge in [-0.05, 0) is 48.1 Å². The molecule has 0 spiro atoms. The van der Waals surface area contributed by atoms with E-state index < -0.39 is 0 Å². The van der Waals surface area contributed by atoms with E-state index in [1.807, 2.05) is 6.07 Å². The molecule has 2 aromatic heterocycles. The van der Waals surface area contributed by atoms with Crippen molar-refractivity contribution in [3.05, 3.63) is 77.1 Å². The van der Waals surface area contributed by atoms with Crippen LogP contribution in [0.25, 0.3) is 37.2 Å². The molecule has 1 radical (unpaired) electrons. The molecule has 5 rings (SSSR count). The molecule has 0 atom stereocenters. The second-order valence-electron chi connectivity index (χ2n) is 7.25. The number of rotatable bonds is 2. The molecule has 0 aliphatic carbocycles. The zero-order chi connectivity index (χ0) is 20.1. The van der Waals surface area contributed by atoms with Crippen molar-refractivity contribution in [3.63, 3.8) is 0 Å². The Morgan fingerprint density at radius 1 is 1.00 bits per heavy atom. The maximum absolute atomic E-state index is 9.44. The fourth-order valence-electron chi connectivity index (χ4n) is 4.00. The average Bonchev–Trinajstić information content (AvgIpc) is 3.28. The maximum atomic E-state index is 9.44. The smallest absolute Gasteiger partial charge is 0.243 e. The Kier molecular flexibility index (Phi) is 5.29. The number of hydrogen-bond donors (Lipinski definition) is 0. The van der Waals surface area contributed by atoms with Gasteiger partial charge >= 0.3 is 0 Å². The van der Waals surface area contributed by atoms with E-state index in [-0.39, 0.29) is 25.9 Å². The molecule has 0 aliphatic heterocycles. The zero-order valence-corrected chi connectivity index (χ0v) is 19.9. The van der Waals surface area contributed by atoms with Crippen molar-refractivity contribution in [2.75, 3.05) is 0 Å². The van der Waals surface area contributed by atoms with Crippen LogP contribution < -0.4 is 0 Å². The third-order valence-electron chi connectivity index (χ3n) is 5.11. The van der Waals surface area contributed by atoms with Gasteiger partial charge in [0.2, 0.25) is 5.82 Å². The molecule has 0 amide bonds. The van der Waals surface area contributed by atoms with Crippen LogP contribution in [-0.2, 0) is 20.1 Å². The molecule has 0 saturated carbocycles. The van der Waals surface area contributed by atoms with Crippen LogP contribution >= 0.6 is 11.3 Å². The summed E-state index contributed by atoms with van der Waals surface area (Å²) in [6, 6.07) is 22.2. The standard InChI is InChI=1S/C24H17N4S.Ir/c1-14-10-15(2)23(16(3)11-14)28-24(26-22(13-25)27-28)17-8-9-21-19(12-17)18-6-4-5-7-20(18)29-21;/h4-7,9-12H,1-3H3;/q-1;. The van der Waals surface area contributed by atoms with E-state index in [4.69, 9.17) is 0 Å². The van der Waals surface area contributed by atoms with Crippen molar-refractivity contribution in [3.8, 4) is 23.1 Å². The first kappa shape index (κ1) is 20.4. The third-order valence-corrected chi connectivity index (χ3v) is 6.24. The Hall–Kier alpha value is -2.84. The van der Waals surface area contributed by atoms with Crippen LogP contribution in [0, 0.1) is 38.2 Å². The van der Waals surface area contributed by atoms with Crippen LogP contribution in [0.3, 0.4) is 0 Å². The average molecular weight is 586 g/mol. The quantitative estimate of drug-likeness (QED) is 0.243. The van der Waals surface area contributed by atoms with Gasteiger partial charge in [0.1, 0.15) is 6.07 Å². The Labute approximate surface area is 192 Å². The topological polar surface area (TPSA) is 54.5 Å². The number of aromatic nitrogens is 3. The van der Waals surface area contributed by atoms with Gasteiger partial charge in [-0.25, -0.2) is 4.98 Å². The number of nitrogens with zero attached hydrogens (tertiary/aromatic N) is 4. The first-order chi connectivity index (χ1) is 14.0. The van der Waals surface area contributed by atoms with Crippen LogP contribution in [0.2, 0.25) is 0 Å². The fraction of sp³-hybridized carbons (Fsp3) is 0.125. The Morgan fingerprint density at radius 2 is 1.73 bits per heavy atom. The number of nitriles is 1. The minimum atomic E-state index is 0. The normalized spacial score (nSPS) is 10.9. The van der Waals surface area contributed by atoms with Gasteiger partial charge in [-0.3, -0.25) is 4.68 Å². The summed E-state index contributed by atoms with van der Waals surface area (Å²) >= 11 is 1.76. The molecule has 3 aromatic carbocycles.